The Labute approximate surface area is 97.8 Å². The molecule has 0 aliphatic carbocycles. The molecule has 0 radical (unpaired) electrons. The van der Waals surface area contributed by atoms with E-state index in [0.29, 0.717) is 16.3 Å². The molecule has 0 amide bonds. The molecular formula is C9H14N6S. The molecule has 0 aliphatic rings. The lowest BCUT2D eigenvalue weighted by Crippen LogP contribution is -2.09. The minimum absolute atomic E-state index is 0.383. The van der Waals surface area contributed by atoms with Crippen LogP contribution in [0, 0.1) is 4.77 Å². The number of unbranched alkanes of at least 4 members (excludes halogenated alkanes) is 1. The van der Waals surface area contributed by atoms with Crippen LogP contribution in [0.25, 0.3) is 11.5 Å². The molecule has 2 aromatic heterocycles. The van der Waals surface area contributed by atoms with E-state index < -0.39 is 0 Å². The molecule has 86 valence electrons. The number of nitrogens with two attached hydrogens (primary N) is 1. The van der Waals surface area contributed by atoms with Crippen molar-refractivity contribution in [3.63, 3.8) is 0 Å². The maximum Gasteiger partial charge on any atom is 0.214 e. The molecule has 4 N–H and O–H groups in total. The van der Waals surface area contributed by atoms with E-state index >= 15 is 0 Å². The van der Waals surface area contributed by atoms with Gasteiger partial charge in [-0.15, -0.1) is 0 Å². The summed E-state index contributed by atoms with van der Waals surface area (Å²) in [6, 6.07) is 1.95. The van der Waals surface area contributed by atoms with E-state index in [4.69, 9.17) is 18.1 Å². The maximum atomic E-state index is 5.71. The van der Waals surface area contributed by atoms with Gasteiger partial charge in [-0.25, -0.2) is 9.77 Å². The topological polar surface area (TPSA) is 88.3 Å². The Morgan fingerprint density at radius 1 is 1.44 bits per heavy atom. The second-order valence-corrected chi connectivity index (χ2v) is 3.99. The predicted octanol–water partition coefficient (Wildman–Crippen LogP) is 1.39. The van der Waals surface area contributed by atoms with Crippen LogP contribution >= 0.6 is 12.2 Å². The summed E-state index contributed by atoms with van der Waals surface area (Å²) in [4.78, 5) is 0. The second kappa shape index (κ2) is 4.48. The number of nitrogens with one attached hydrogen (secondary N) is 2. The summed E-state index contributed by atoms with van der Waals surface area (Å²) in [5, 5.41) is 13.8. The molecule has 16 heavy (non-hydrogen) atoms. The fourth-order valence-corrected chi connectivity index (χ4v) is 1.59. The number of aryl methyl sites for hydroxylation is 1. The van der Waals surface area contributed by atoms with E-state index in [2.05, 4.69) is 27.3 Å². The molecule has 0 saturated carbocycles. The molecule has 0 fully saturated rings. The standard InChI is InChI=1S/C9H14N6S/c1-2-3-4-6-5-7(12-11-6)8-13-14-9(16)15(8)10/h5H,2-4,10H2,1H3,(H,11,12)(H,14,16). The first-order valence-electron chi connectivity index (χ1n) is 5.19. The van der Waals surface area contributed by atoms with Crippen LogP contribution < -0.4 is 5.84 Å². The van der Waals surface area contributed by atoms with Crippen LogP contribution in [0.4, 0.5) is 0 Å². The lowest BCUT2D eigenvalue weighted by atomic mass is 10.2. The number of aromatic amines is 2. The van der Waals surface area contributed by atoms with Crippen molar-refractivity contribution < 1.29 is 0 Å². The molecule has 0 atom stereocenters. The Hall–Kier alpha value is -1.63. The quantitative estimate of drug-likeness (QED) is 0.554. The first-order valence-corrected chi connectivity index (χ1v) is 5.60. The molecule has 2 aromatic rings. The molecule has 6 nitrogen and oxygen atoms in total. The molecule has 0 spiro atoms. The highest BCUT2D eigenvalue weighted by Gasteiger charge is 2.10. The van der Waals surface area contributed by atoms with Crippen molar-refractivity contribution in [3.05, 3.63) is 16.5 Å². The normalized spacial score (nSPS) is 10.8. The van der Waals surface area contributed by atoms with Crippen LogP contribution in [0.1, 0.15) is 25.5 Å². The van der Waals surface area contributed by atoms with Gasteiger partial charge >= 0.3 is 0 Å². The molecule has 7 heteroatoms. The minimum atomic E-state index is 0.383. The predicted molar refractivity (Wildman–Crippen MR) is 63.8 cm³/mol. The first kappa shape index (κ1) is 10.9. The lowest BCUT2D eigenvalue weighted by Gasteiger charge is -1.93. The first-order chi connectivity index (χ1) is 7.72. The highest BCUT2D eigenvalue weighted by atomic mass is 32.1. The molecule has 0 bridgehead atoms. The lowest BCUT2D eigenvalue weighted by molar-refractivity contribution is 0.772. The molecule has 2 heterocycles. The van der Waals surface area contributed by atoms with Gasteiger partial charge in [-0.3, -0.25) is 5.10 Å². The number of H-pyrrole nitrogens is 2. The highest BCUT2D eigenvalue weighted by Crippen LogP contribution is 2.14. The zero-order chi connectivity index (χ0) is 11.5. The van der Waals surface area contributed by atoms with Crippen LogP contribution in [0.2, 0.25) is 0 Å². The van der Waals surface area contributed by atoms with Crippen molar-refractivity contribution in [2.24, 2.45) is 0 Å². The number of rotatable bonds is 4. The van der Waals surface area contributed by atoms with Crippen LogP contribution in [-0.4, -0.2) is 25.1 Å². The van der Waals surface area contributed by atoms with Gasteiger partial charge < -0.3 is 5.84 Å². The van der Waals surface area contributed by atoms with E-state index in [1.807, 2.05) is 6.07 Å². The summed E-state index contributed by atoms with van der Waals surface area (Å²) in [6.45, 7) is 2.16. The SMILES string of the molecule is CCCCc1cc(-c2n[nH]c(=S)n2N)n[nH]1. The van der Waals surface area contributed by atoms with Crippen molar-refractivity contribution in [1.82, 2.24) is 25.1 Å². The summed E-state index contributed by atoms with van der Waals surface area (Å²) in [5.74, 6) is 6.25. The van der Waals surface area contributed by atoms with E-state index in [1.54, 1.807) is 0 Å². The van der Waals surface area contributed by atoms with E-state index in [1.165, 1.54) is 4.68 Å². The van der Waals surface area contributed by atoms with Crippen molar-refractivity contribution in [1.29, 1.82) is 0 Å². The van der Waals surface area contributed by atoms with Crippen LogP contribution in [0.3, 0.4) is 0 Å². The van der Waals surface area contributed by atoms with Crippen LogP contribution in [0.5, 0.6) is 0 Å². The van der Waals surface area contributed by atoms with Crippen LogP contribution in [-0.2, 0) is 6.42 Å². The molecule has 2 rings (SSSR count). The maximum absolute atomic E-state index is 5.71. The largest absolute Gasteiger partial charge is 0.335 e. The molecule has 0 aliphatic heterocycles. The van der Waals surface area contributed by atoms with Crippen molar-refractivity contribution in [2.75, 3.05) is 5.84 Å². The average molecular weight is 238 g/mol. The Morgan fingerprint density at radius 2 is 2.25 bits per heavy atom. The fraction of sp³-hybridized carbons (Fsp3) is 0.444. The summed E-state index contributed by atoms with van der Waals surface area (Å²) in [5.41, 5.74) is 1.80. The van der Waals surface area contributed by atoms with E-state index in [0.717, 1.165) is 25.0 Å². The zero-order valence-electron chi connectivity index (χ0n) is 9.03. The monoisotopic (exact) mass is 238 g/mol. The third-order valence-corrected chi connectivity index (χ3v) is 2.65. The van der Waals surface area contributed by atoms with Gasteiger partial charge in [0.15, 0.2) is 0 Å². The van der Waals surface area contributed by atoms with E-state index in [-0.39, 0.29) is 0 Å². The van der Waals surface area contributed by atoms with Gasteiger partial charge in [0, 0.05) is 5.69 Å². The highest BCUT2D eigenvalue weighted by molar-refractivity contribution is 7.71. The second-order valence-electron chi connectivity index (χ2n) is 3.60. The summed E-state index contributed by atoms with van der Waals surface area (Å²) < 4.78 is 1.70. The summed E-state index contributed by atoms with van der Waals surface area (Å²) >= 11 is 4.93. The van der Waals surface area contributed by atoms with Crippen molar-refractivity contribution in [2.45, 2.75) is 26.2 Å². The molecular weight excluding hydrogens is 224 g/mol. The third kappa shape index (κ3) is 1.99. The van der Waals surface area contributed by atoms with Crippen LogP contribution in [0.15, 0.2) is 6.07 Å². The average Bonchev–Trinajstić information content (AvgIpc) is 2.85. The van der Waals surface area contributed by atoms with Gasteiger partial charge in [-0.1, -0.05) is 13.3 Å². The fourth-order valence-electron chi connectivity index (χ4n) is 1.46. The van der Waals surface area contributed by atoms with Gasteiger partial charge in [0.1, 0.15) is 5.69 Å². The Morgan fingerprint density at radius 3 is 2.88 bits per heavy atom. The number of hydrogen-bond donors (Lipinski definition) is 3. The molecule has 0 aromatic carbocycles. The number of nitrogen functional groups attached to an aromatic ring is 1. The third-order valence-electron chi connectivity index (χ3n) is 2.36. The van der Waals surface area contributed by atoms with Gasteiger partial charge in [0.05, 0.1) is 0 Å². The van der Waals surface area contributed by atoms with E-state index in [9.17, 15) is 0 Å². The summed E-state index contributed by atoms with van der Waals surface area (Å²) in [6.07, 6.45) is 3.28. The van der Waals surface area contributed by atoms with Gasteiger partial charge in [-0.05, 0) is 31.1 Å². The smallest absolute Gasteiger partial charge is 0.214 e. The van der Waals surface area contributed by atoms with Crippen molar-refractivity contribution >= 4 is 12.2 Å². The van der Waals surface area contributed by atoms with Gasteiger partial charge in [-0.2, -0.15) is 10.2 Å². The van der Waals surface area contributed by atoms with Crippen molar-refractivity contribution in [3.8, 4) is 11.5 Å². The Kier molecular flexibility index (Phi) is 3.04. The minimum Gasteiger partial charge on any atom is -0.335 e. The zero-order valence-corrected chi connectivity index (χ0v) is 9.84. The van der Waals surface area contributed by atoms with Gasteiger partial charge in [0.2, 0.25) is 10.6 Å². The Balaban J connectivity index is 2.25. The molecule has 0 unspecified atom stereocenters. The number of aromatic nitrogens is 5. The Bertz CT molecular complexity index is 522. The number of nitrogens with zero attached hydrogens (tertiary/aromatic N) is 3. The summed E-state index contributed by atoms with van der Waals surface area (Å²) in [7, 11) is 0. The molecule has 0 saturated heterocycles. The number of hydrogen-bond acceptors (Lipinski definition) is 4. The van der Waals surface area contributed by atoms with Gasteiger partial charge in [0.25, 0.3) is 0 Å².